The SMILES string of the molecule is CC(Cc1cccnc1)Nc1nc(-c2ccncc2)nc2c1cnn2C. The van der Waals surface area contributed by atoms with Crippen LogP contribution in [0.1, 0.15) is 12.5 Å². The molecular weight excluding hydrogens is 326 g/mol. The van der Waals surface area contributed by atoms with E-state index in [0.717, 1.165) is 28.8 Å². The van der Waals surface area contributed by atoms with Crippen LogP contribution in [0.15, 0.2) is 55.2 Å². The molecule has 0 radical (unpaired) electrons. The number of hydrogen-bond donors (Lipinski definition) is 1. The van der Waals surface area contributed by atoms with Crippen molar-refractivity contribution in [2.75, 3.05) is 5.32 Å². The summed E-state index contributed by atoms with van der Waals surface area (Å²) in [5, 5.41) is 8.75. The molecule has 1 N–H and O–H groups in total. The van der Waals surface area contributed by atoms with Gasteiger partial charge in [-0.25, -0.2) is 9.97 Å². The van der Waals surface area contributed by atoms with Crippen molar-refractivity contribution in [2.24, 2.45) is 7.05 Å². The third-order valence-corrected chi connectivity index (χ3v) is 4.18. The highest BCUT2D eigenvalue weighted by Crippen LogP contribution is 2.25. The van der Waals surface area contributed by atoms with Gasteiger partial charge in [0.25, 0.3) is 0 Å². The van der Waals surface area contributed by atoms with Crippen molar-refractivity contribution in [1.29, 1.82) is 0 Å². The van der Waals surface area contributed by atoms with E-state index >= 15 is 0 Å². The van der Waals surface area contributed by atoms with E-state index in [9.17, 15) is 0 Å². The number of nitrogens with one attached hydrogen (secondary N) is 1. The fraction of sp³-hybridized carbons (Fsp3) is 0.211. The van der Waals surface area contributed by atoms with Crippen molar-refractivity contribution < 1.29 is 0 Å². The molecule has 0 aromatic carbocycles. The zero-order valence-corrected chi connectivity index (χ0v) is 14.7. The molecule has 1 unspecified atom stereocenters. The van der Waals surface area contributed by atoms with Crippen molar-refractivity contribution in [1.82, 2.24) is 29.7 Å². The number of aromatic nitrogens is 6. The van der Waals surface area contributed by atoms with Gasteiger partial charge in [0.05, 0.1) is 11.6 Å². The lowest BCUT2D eigenvalue weighted by molar-refractivity contribution is 0.779. The maximum absolute atomic E-state index is 4.75. The standard InChI is InChI=1S/C19H19N7/c1-13(10-14-4-3-7-21-11-14)23-18-16-12-22-26(2)19(16)25-17(24-18)15-5-8-20-9-6-15/h3-9,11-13H,10H2,1-2H3,(H,23,24,25). The van der Waals surface area contributed by atoms with Crippen LogP contribution >= 0.6 is 0 Å². The van der Waals surface area contributed by atoms with E-state index in [2.05, 4.69) is 38.4 Å². The van der Waals surface area contributed by atoms with Gasteiger partial charge in [0.15, 0.2) is 11.5 Å². The minimum absolute atomic E-state index is 0.183. The molecule has 4 heterocycles. The van der Waals surface area contributed by atoms with Gasteiger partial charge in [-0.3, -0.25) is 14.6 Å². The molecule has 0 saturated heterocycles. The molecule has 4 aromatic heterocycles. The Balaban J connectivity index is 1.69. The van der Waals surface area contributed by atoms with Gasteiger partial charge < -0.3 is 5.32 Å². The molecule has 130 valence electrons. The Hall–Kier alpha value is -3.35. The summed E-state index contributed by atoms with van der Waals surface area (Å²) < 4.78 is 1.76. The third kappa shape index (κ3) is 3.23. The molecule has 0 aliphatic heterocycles. The number of pyridine rings is 2. The van der Waals surface area contributed by atoms with E-state index < -0.39 is 0 Å². The van der Waals surface area contributed by atoms with E-state index in [4.69, 9.17) is 4.98 Å². The summed E-state index contributed by atoms with van der Waals surface area (Å²) >= 11 is 0. The summed E-state index contributed by atoms with van der Waals surface area (Å²) in [5.41, 5.74) is 2.90. The van der Waals surface area contributed by atoms with Gasteiger partial charge in [-0.2, -0.15) is 5.10 Å². The molecule has 7 heteroatoms. The van der Waals surface area contributed by atoms with Gasteiger partial charge in [-0.1, -0.05) is 6.07 Å². The second-order valence-corrected chi connectivity index (χ2v) is 6.25. The largest absolute Gasteiger partial charge is 0.367 e. The predicted molar refractivity (Wildman–Crippen MR) is 101 cm³/mol. The summed E-state index contributed by atoms with van der Waals surface area (Å²) in [6.07, 6.45) is 9.80. The second-order valence-electron chi connectivity index (χ2n) is 6.25. The van der Waals surface area contributed by atoms with Crippen LogP contribution in [0.4, 0.5) is 5.82 Å². The second kappa shape index (κ2) is 6.87. The molecule has 0 fully saturated rings. The van der Waals surface area contributed by atoms with Gasteiger partial charge in [0.1, 0.15) is 5.82 Å². The van der Waals surface area contributed by atoms with Crippen molar-refractivity contribution in [2.45, 2.75) is 19.4 Å². The highest BCUT2D eigenvalue weighted by Gasteiger charge is 2.14. The van der Waals surface area contributed by atoms with E-state index in [1.54, 1.807) is 29.5 Å². The number of fused-ring (bicyclic) bond motifs is 1. The molecule has 4 rings (SSSR count). The highest BCUT2D eigenvalue weighted by molar-refractivity contribution is 5.88. The molecule has 0 spiro atoms. The topological polar surface area (TPSA) is 81.4 Å². The molecule has 26 heavy (non-hydrogen) atoms. The zero-order chi connectivity index (χ0) is 17.9. The lowest BCUT2D eigenvalue weighted by atomic mass is 10.1. The molecule has 0 aliphatic rings. The maximum atomic E-state index is 4.75. The molecular formula is C19H19N7. The first-order valence-corrected chi connectivity index (χ1v) is 8.46. The minimum Gasteiger partial charge on any atom is -0.367 e. The molecule has 1 atom stereocenters. The van der Waals surface area contributed by atoms with Crippen LogP contribution in [0.5, 0.6) is 0 Å². The molecule has 0 amide bonds. The Bertz CT molecular complexity index is 1010. The van der Waals surface area contributed by atoms with Crippen LogP contribution in [0.25, 0.3) is 22.4 Å². The van der Waals surface area contributed by atoms with Crippen LogP contribution < -0.4 is 5.32 Å². The average Bonchev–Trinajstić information content (AvgIpc) is 3.04. The molecule has 0 aliphatic carbocycles. The average molecular weight is 345 g/mol. The summed E-state index contributed by atoms with van der Waals surface area (Å²) in [5.74, 6) is 1.44. The Morgan fingerprint density at radius 1 is 1.04 bits per heavy atom. The van der Waals surface area contributed by atoms with Crippen molar-refractivity contribution in [3.05, 3.63) is 60.8 Å². The highest BCUT2D eigenvalue weighted by atomic mass is 15.3. The van der Waals surface area contributed by atoms with E-state index in [0.29, 0.717) is 5.82 Å². The fourth-order valence-electron chi connectivity index (χ4n) is 2.92. The number of aryl methyl sites for hydroxylation is 1. The normalized spacial score (nSPS) is 12.2. The maximum Gasteiger partial charge on any atom is 0.164 e. The van der Waals surface area contributed by atoms with Crippen molar-refractivity contribution >= 4 is 16.9 Å². The molecule has 4 aromatic rings. The summed E-state index contributed by atoms with van der Waals surface area (Å²) in [6.45, 7) is 2.13. The third-order valence-electron chi connectivity index (χ3n) is 4.18. The summed E-state index contributed by atoms with van der Waals surface area (Å²) in [6, 6.07) is 8.02. The Morgan fingerprint density at radius 3 is 2.65 bits per heavy atom. The summed E-state index contributed by atoms with van der Waals surface area (Å²) in [4.78, 5) is 17.7. The van der Waals surface area contributed by atoms with E-state index in [1.165, 1.54) is 5.56 Å². The lowest BCUT2D eigenvalue weighted by Gasteiger charge is -2.16. The fourth-order valence-corrected chi connectivity index (χ4v) is 2.92. The van der Waals surface area contributed by atoms with Crippen LogP contribution in [0.2, 0.25) is 0 Å². The first-order chi connectivity index (χ1) is 12.7. The van der Waals surface area contributed by atoms with Crippen LogP contribution in [-0.2, 0) is 13.5 Å². The lowest BCUT2D eigenvalue weighted by Crippen LogP contribution is -2.19. The van der Waals surface area contributed by atoms with Crippen LogP contribution in [0.3, 0.4) is 0 Å². The number of rotatable bonds is 5. The van der Waals surface area contributed by atoms with Gasteiger partial charge >= 0.3 is 0 Å². The Kier molecular flexibility index (Phi) is 4.27. The minimum atomic E-state index is 0.183. The zero-order valence-electron chi connectivity index (χ0n) is 14.7. The first-order valence-electron chi connectivity index (χ1n) is 8.46. The van der Waals surface area contributed by atoms with Crippen molar-refractivity contribution in [3.63, 3.8) is 0 Å². The van der Waals surface area contributed by atoms with Gasteiger partial charge in [-0.05, 0) is 37.1 Å². The van der Waals surface area contributed by atoms with E-state index in [1.807, 2.05) is 31.4 Å². The Morgan fingerprint density at radius 2 is 1.88 bits per heavy atom. The molecule has 0 saturated carbocycles. The smallest absolute Gasteiger partial charge is 0.164 e. The first kappa shape index (κ1) is 16.1. The Labute approximate surface area is 151 Å². The number of nitrogens with zero attached hydrogens (tertiary/aromatic N) is 6. The van der Waals surface area contributed by atoms with Gasteiger partial charge in [0, 0.05) is 43.4 Å². The number of anilines is 1. The van der Waals surface area contributed by atoms with Crippen LogP contribution in [0, 0.1) is 0 Å². The van der Waals surface area contributed by atoms with Gasteiger partial charge in [-0.15, -0.1) is 0 Å². The van der Waals surface area contributed by atoms with Crippen molar-refractivity contribution in [3.8, 4) is 11.4 Å². The quantitative estimate of drug-likeness (QED) is 0.599. The predicted octanol–water partition coefficient (Wildman–Crippen LogP) is 2.86. The van der Waals surface area contributed by atoms with Crippen LogP contribution in [-0.4, -0.2) is 35.8 Å². The van der Waals surface area contributed by atoms with E-state index in [-0.39, 0.29) is 6.04 Å². The number of hydrogen-bond acceptors (Lipinski definition) is 6. The molecule has 0 bridgehead atoms. The summed E-state index contributed by atoms with van der Waals surface area (Å²) in [7, 11) is 1.88. The van der Waals surface area contributed by atoms with Gasteiger partial charge in [0.2, 0.25) is 0 Å². The monoisotopic (exact) mass is 345 g/mol. The molecule has 7 nitrogen and oxygen atoms in total.